The number of carbonyl (C=O) groups excluding carboxylic acids is 2. The quantitative estimate of drug-likeness (QED) is 0.513. The molecule has 4 rings (SSSR count). The summed E-state index contributed by atoms with van der Waals surface area (Å²) >= 11 is 0. The number of aliphatic hydroxyl groups excluding tert-OH is 1. The first-order chi connectivity index (χ1) is 14.3. The zero-order valence-corrected chi connectivity index (χ0v) is 15.6. The number of aromatic amines is 1. The summed E-state index contributed by atoms with van der Waals surface area (Å²) in [4.78, 5) is 26.9. The van der Waals surface area contributed by atoms with E-state index in [1.165, 1.54) is 30.3 Å². The Bertz CT molecular complexity index is 1130. The van der Waals surface area contributed by atoms with Gasteiger partial charge in [0, 0.05) is 30.1 Å². The van der Waals surface area contributed by atoms with Gasteiger partial charge in [-0.05, 0) is 47.9 Å². The number of hydrogen-bond acceptors (Lipinski definition) is 3. The number of hydrogen-bond donors (Lipinski definition) is 4. The molecular weight excluding hydrogens is 399 g/mol. The van der Waals surface area contributed by atoms with Crippen molar-refractivity contribution in [3.63, 3.8) is 0 Å². The molecular formula is C21H18F3N3O3. The number of halogens is 3. The third-order valence-corrected chi connectivity index (χ3v) is 5.14. The Morgan fingerprint density at radius 1 is 1.13 bits per heavy atom. The number of benzene rings is 2. The molecule has 3 aromatic rings. The fraction of sp³-hybridized carbons (Fsp3) is 0.238. The largest absolute Gasteiger partial charge is 0.389 e. The average molecular weight is 417 g/mol. The lowest BCUT2D eigenvalue weighted by molar-refractivity contribution is -0.128. The number of amides is 2. The number of aliphatic hydroxyl groups is 1. The van der Waals surface area contributed by atoms with Gasteiger partial charge in [0.05, 0.1) is 5.52 Å². The van der Waals surface area contributed by atoms with Crippen LogP contribution in [0.4, 0.5) is 13.2 Å². The monoisotopic (exact) mass is 417 g/mol. The lowest BCUT2D eigenvalue weighted by atomic mass is 10.0. The van der Waals surface area contributed by atoms with Crippen molar-refractivity contribution >= 4 is 22.7 Å². The van der Waals surface area contributed by atoms with Crippen LogP contribution in [0.25, 0.3) is 22.2 Å². The van der Waals surface area contributed by atoms with Crippen LogP contribution in [-0.2, 0) is 16.0 Å². The number of nitrogens with one attached hydrogen (secondary N) is 3. The third-order valence-electron chi connectivity index (χ3n) is 5.14. The van der Waals surface area contributed by atoms with E-state index >= 15 is 0 Å². The Labute approximate surface area is 169 Å². The van der Waals surface area contributed by atoms with Gasteiger partial charge >= 0.3 is 0 Å². The second-order valence-electron chi connectivity index (χ2n) is 7.15. The van der Waals surface area contributed by atoms with Gasteiger partial charge in [-0.1, -0.05) is 0 Å². The molecule has 156 valence electrons. The second kappa shape index (κ2) is 7.83. The standard InChI is InChI=1S/C21H18F3N3O3/c22-11-3-1-10(2-4-11)18-13(14-7-12(23)8-15(24)19(14)27-18)5-6-17(29)26-20-16(28)9-25-21(20)30/h1-4,7-8,16,20,27-28H,5-6,9H2,(H,25,30)(H,26,29)/t16-,20-/m1/s1. The highest BCUT2D eigenvalue weighted by atomic mass is 19.1. The zero-order chi connectivity index (χ0) is 21.4. The highest BCUT2D eigenvalue weighted by Gasteiger charge is 2.34. The van der Waals surface area contributed by atoms with E-state index in [-0.39, 0.29) is 30.3 Å². The van der Waals surface area contributed by atoms with E-state index in [2.05, 4.69) is 15.6 Å². The molecule has 4 N–H and O–H groups in total. The van der Waals surface area contributed by atoms with Crippen LogP contribution >= 0.6 is 0 Å². The normalized spacial score (nSPS) is 18.6. The van der Waals surface area contributed by atoms with Gasteiger partial charge in [0.1, 0.15) is 29.6 Å². The van der Waals surface area contributed by atoms with Crippen LogP contribution in [-0.4, -0.2) is 40.6 Å². The van der Waals surface area contributed by atoms with E-state index in [9.17, 15) is 27.9 Å². The molecule has 0 aliphatic carbocycles. The van der Waals surface area contributed by atoms with Gasteiger partial charge in [-0.3, -0.25) is 9.59 Å². The van der Waals surface area contributed by atoms with Crippen molar-refractivity contribution in [2.75, 3.05) is 6.54 Å². The van der Waals surface area contributed by atoms with Crippen LogP contribution in [0.2, 0.25) is 0 Å². The molecule has 2 aromatic carbocycles. The van der Waals surface area contributed by atoms with E-state index in [1.807, 2.05) is 0 Å². The van der Waals surface area contributed by atoms with Crippen molar-refractivity contribution in [2.24, 2.45) is 0 Å². The highest BCUT2D eigenvalue weighted by molar-refractivity contribution is 5.93. The molecule has 2 atom stereocenters. The van der Waals surface area contributed by atoms with Crippen molar-refractivity contribution in [1.82, 2.24) is 15.6 Å². The van der Waals surface area contributed by atoms with Crippen LogP contribution < -0.4 is 10.6 Å². The van der Waals surface area contributed by atoms with E-state index in [0.717, 1.165) is 6.07 Å². The molecule has 0 spiro atoms. The molecule has 2 heterocycles. The topological polar surface area (TPSA) is 94.2 Å². The zero-order valence-electron chi connectivity index (χ0n) is 15.6. The third kappa shape index (κ3) is 3.76. The van der Waals surface area contributed by atoms with Crippen LogP contribution in [0.1, 0.15) is 12.0 Å². The number of carbonyl (C=O) groups is 2. The first kappa shape index (κ1) is 20.0. The van der Waals surface area contributed by atoms with Gasteiger partial charge in [-0.25, -0.2) is 13.2 Å². The molecule has 1 fully saturated rings. The van der Waals surface area contributed by atoms with Gasteiger partial charge in [0.2, 0.25) is 11.8 Å². The molecule has 2 amide bonds. The highest BCUT2D eigenvalue weighted by Crippen LogP contribution is 2.33. The average Bonchev–Trinajstić information content (AvgIpc) is 3.22. The van der Waals surface area contributed by atoms with Gasteiger partial charge in [-0.2, -0.15) is 0 Å². The summed E-state index contributed by atoms with van der Waals surface area (Å²) in [5.41, 5.74) is 1.56. The minimum atomic E-state index is -1.04. The minimum Gasteiger partial charge on any atom is -0.389 e. The molecule has 1 aromatic heterocycles. The molecule has 30 heavy (non-hydrogen) atoms. The lowest BCUT2D eigenvalue weighted by Gasteiger charge is -2.13. The molecule has 1 saturated heterocycles. The van der Waals surface area contributed by atoms with Gasteiger partial charge < -0.3 is 20.7 Å². The summed E-state index contributed by atoms with van der Waals surface area (Å²) in [5, 5.41) is 15.0. The van der Waals surface area contributed by atoms with Crippen LogP contribution in [0, 0.1) is 17.5 Å². The number of H-pyrrole nitrogens is 1. The molecule has 0 radical (unpaired) electrons. The number of aryl methyl sites for hydroxylation is 1. The van der Waals surface area contributed by atoms with E-state index in [0.29, 0.717) is 16.8 Å². The SMILES string of the molecule is O=C(CCc1c(-c2ccc(F)cc2)[nH]c2c(F)cc(F)cc12)N[C@H]1C(=O)NC[C@H]1O. The predicted octanol–water partition coefficient (Wildman–Crippen LogP) is 2.16. The fourth-order valence-corrected chi connectivity index (χ4v) is 3.65. The summed E-state index contributed by atoms with van der Waals surface area (Å²) in [6.45, 7) is 0.0551. The Morgan fingerprint density at radius 2 is 1.87 bits per heavy atom. The van der Waals surface area contributed by atoms with Crippen molar-refractivity contribution in [1.29, 1.82) is 0 Å². The Kier molecular flexibility index (Phi) is 5.21. The first-order valence-corrected chi connectivity index (χ1v) is 9.34. The van der Waals surface area contributed by atoms with Crippen LogP contribution in [0.3, 0.4) is 0 Å². The number of rotatable bonds is 5. The summed E-state index contributed by atoms with van der Waals surface area (Å²) in [5.74, 6) is -2.95. The van der Waals surface area contributed by atoms with Crippen molar-refractivity contribution in [2.45, 2.75) is 25.0 Å². The number of fused-ring (bicyclic) bond motifs is 1. The summed E-state index contributed by atoms with van der Waals surface area (Å²) < 4.78 is 41.4. The molecule has 0 bridgehead atoms. The van der Waals surface area contributed by atoms with Gasteiger partial charge in [0.15, 0.2) is 0 Å². The smallest absolute Gasteiger partial charge is 0.245 e. The Morgan fingerprint density at radius 3 is 2.53 bits per heavy atom. The van der Waals surface area contributed by atoms with Crippen molar-refractivity contribution in [3.8, 4) is 11.3 Å². The first-order valence-electron chi connectivity index (χ1n) is 9.34. The Hall–Kier alpha value is -3.33. The molecule has 0 saturated carbocycles. The Balaban J connectivity index is 1.64. The summed E-state index contributed by atoms with van der Waals surface area (Å²) in [6, 6.07) is 6.37. The number of β-amino-alcohol motifs (C(OH)–C–C–N with tert-alkyl or cyclic N) is 1. The summed E-state index contributed by atoms with van der Waals surface area (Å²) in [7, 11) is 0. The van der Waals surface area contributed by atoms with Crippen LogP contribution in [0.15, 0.2) is 36.4 Å². The van der Waals surface area contributed by atoms with Crippen LogP contribution in [0.5, 0.6) is 0 Å². The van der Waals surface area contributed by atoms with E-state index in [1.54, 1.807) is 0 Å². The van der Waals surface area contributed by atoms with E-state index in [4.69, 9.17) is 0 Å². The maximum absolute atomic E-state index is 14.3. The van der Waals surface area contributed by atoms with Crippen molar-refractivity contribution < 1.29 is 27.9 Å². The summed E-state index contributed by atoms with van der Waals surface area (Å²) in [6.07, 6.45) is -1.01. The molecule has 1 aliphatic rings. The predicted molar refractivity (Wildman–Crippen MR) is 103 cm³/mol. The fourth-order valence-electron chi connectivity index (χ4n) is 3.65. The van der Waals surface area contributed by atoms with Crippen molar-refractivity contribution in [3.05, 3.63) is 59.4 Å². The maximum atomic E-state index is 14.3. The molecule has 1 aliphatic heterocycles. The maximum Gasteiger partial charge on any atom is 0.245 e. The molecule has 0 unspecified atom stereocenters. The number of aromatic nitrogens is 1. The molecule has 9 heteroatoms. The van der Waals surface area contributed by atoms with Gasteiger partial charge in [-0.15, -0.1) is 0 Å². The minimum absolute atomic E-state index is 0.0551. The second-order valence-corrected chi connectivity index (χ2v) is 7.15. The van der Waals surface area contributed by atoms with Gasteiger partial charge in [0.25, 0.3) is 0 Å². The lowest BCUT2D eigenvalue weighted by Crippen LogP contribution is -2.45. The van der Waals surface area contributed by atoms with E-state index < -0.39 is 41.4 Å². The molecule has 6 nitrogen and oxygen atoms in total.